The van der Waals surface area contributed by atoms with Gasteiger partial charge in [-0.25, -0.2) is 4.98 Å². The summed E-state index contributed by atoms with van der Waals surface area (Å²) in [6, 6.07) is 3.37. The van der Waals surface area contributed by atoms with E-state index in [2.05, 4.69) is 4.98 Å². The van der Waals surface area contributed by atoms with E-state index in [0.717, 1.165) is 11.5 Å². The number of nitrogens with zero attached hydrogens (tertiary/aromatic N) is 1. The molecule has 2 rings (SSSR count). The molecule has 0 aliphatic rings. The Bertz CT molecular complexity index is 439. The molecule has 0 aromatic carbocycles. The zero-order valence-electron chi connectivity index (χ0n) is 8.96. The quantitative estimate of drug-likeness (QED) is 0.849. The normalized spacial score (nSPS) is 14.9. The van der Waals surface area contributed by atoms with Gasteiger partial charge in [0.05, 0.1) is 11.2 Å². The Morgan fingerprint density at radius 1 is 1.56 bits per heavy atom. The topological polar surface area (TPSA) is 72.3 Å². The Morgan fingerprint density at radius 3 is 2.94 bits per heavy atom. The molecule has 0 aliphatic heterocycles. The molecule has 2 aromatic rings. The standard InChI is InChI=1S/C11H14N2O2S/c1-7-2-3-8(15-7)4-9(12)11(14)10-5-16-6-13-10/h2-3,5-6,9,11,14H,4,12H2,1H3. The molecular formula is C11H14N2O2S. The van der Waals surface area contributed by atoms with Crippen molar-refractivity contribution in [1.29, 1.82) is 0 Å². The highest BCUT2D eigenvalue weighted by atomic mass is 32.1. The molecule has 2 unspecified atom stereocenters. The molecule has 0 spiro atoms. The smallest absolute Gasteiger partial charge is 0.112 e. The molecule has 0 saturated carbocycles. The van der Waals surface area contributed by atoms with Crippen LogP contribution in [-0.4, -0.2) is 16.1 Å². The van der Waals surface area contributed by atoms with Gasteiger partial charge in [-0.2, -0.15) is 0 Å². The fourth-order valence-corrected chi connectivity index (χ4v) is 2.11. The first-order valence-corrected chi connectivity index (χ1v) is 5.98. The van der Waals surface area contributed by atoms with Crippen molar-refractivity contribution in [3.8, 4) is 0 Å². The molecule has 0 saturated heterocycles. The number of thiazole rings is 1. The summed E-state index contributed by atoms with van der Waals surface area (Å²) in [5.74, 6) is 1.64. The molecule has 0 bridgehead atoms. The van der Waals surface area contributed by atoms with Crippen molar-refractivity contribution in [2.45, 2.75) is 25.5 Å². The van der Waals surface area contributed by atoms with Gasteiger partial charge in [0.25, 0.3) is 0 Å². The van der Waals surface area contributed by atoms with Crippen molar-refractivity contribution in [1.82, 2.24) is 4.98 Å². The van der Waals surface area contributed by atoms with E-state index in [4.69, 9.17) is 10.2 Å². The third kappa shape index (κ3) is 2.49. The highest BCUT2D eigenvalue weighted by Gasteiger charge is 2.20. The van der Waals surface area contributed by atoms with E-state index in [0.29, 0.717) is 12.1 Å². The molecule has 2 aromatic heterocycles. The molecule has 0 radical (unpaired) electrons. The summed E-state index contributed by atoms with van der Waals surface area (Å²) in [5, 5.41) is 11.7. The summed E-state index contributed by atoms with van der Waals surface area (Å²) >= 11 is 1.45. The molecule has 0 amide bonds. The number of aliphatic hydroxyl groups is 1. The first-order chi connectivity index (χ1) is 7.66. The van der Waals surface area contributed by atoms with Gasteiger partial charge in [-0.1, -0.05) is 0 Å². The van der Waals surface area contributed by atoms with Crippen LogP contribution in [0.2, 0.25) is 0 Å². The van der Waals surface area contributed by atoms with E-state index >= 15 is 0 Å². The molecule has 4 nitrogen and oxygen atoms in total. The Labute approximate surface area is 97.7 Å². The van der Waals surface area contributed by atoms with Gasteiger partial charge in [-0.15, -0.1) is 11.3 Å². The molecule has 2 heterocycles. The van der Waals surface area contributed by atoms with E-state index in [1.807, 2.05) is 19.1 Å². The van der Waals surface area contributed by atoms with E-state index in [9.17, 15) is 5.11 Å². The molecule has 16 heavy (non-hydrogen) atoms. The van der Waals surface area contributed by atoms with Gasteiger partial charge in [0.15, 0.2) is 0 Å². The Hall–Kier alpha value is -1.17. The Morgan fingerprint density at radius 2 is 2.38 bits per heavy atom. The maximum atomic E-state index is 9.92. The molecule has 0 aliphatic carbocycles. The Balaban J connectivity index is 2.00. The first-order valence-electron chi connectivity index (χ1n) is 5.04. The van der Waals surface area contributed by atoms with Crippen LogP contribution in [0.3, 0.4) is 0 Å². The summed E-state index contributed by atoms with van der Waals surface area (Å²) in [7, 11) is 0. The zero-order valence-corrected chi connectivity index (χ0v) is 9.78. The number of aliphatic hydroxyl groups excluding tert-OH is 1. The molecular weight excluding hydrogens is 224 g/mol. The summed E-state index contributed by atoms with van der Waals surface area (Å²) in [4.78, 5) is 4.04. The summed E-state index contributed by atoms with van der Waals surface area (Å²) < 4.78 is 5.41. The lowest BCUT2D eigenvalue weighted by molar-refractivity contribution is 0.139. The van der Waals surface area contributed by atoms with Crippen molar-refractivity contribution in [3.05, 3.63) is 40.2 Å². The average Bonchev–Trinajstić information content (AvgIpc) is 2.88. The summed E-state index contributed by atoms with van der Waals surface area (Å²) in [6.07, 6.45) is -0.233. The first kappa shape index (κ1) is 11.3. The monoisotopic (exact) mass is 238 g/mol. The number of aryl methyl sites for hydroxylation is 1. The maximum Gasteiger partial charge on any atom is 0.112 e. The Kier molecular flexibility index (Phi) is 3.38. The molecule has 3 N–H and O–H groups in total. The fourth-order valence-electron chi connectivity index (χ4n) is 1.53. The highest BCUT2D eigenvalue weighted by Crippen LogP contribution is 2.19. The summed E-state index contributed by atoms with van der Waals surface area (Å²) in [6.45, 7) is 1.88. The maximum absolute atomic E-state index is 9.92. The van der Waals surface area contributed by atoms with Crippen LogP contribution in [-0.2, 0) is 6.42 Å². The van der Waals surface area contributed by atoms with Gasteiger partial charge < -0.3 is 15.3 Å². The number of furan rings is 1. The molecule has 86 valence electrons. The fraction of sp³-hybridized carbons (Fsp3) is 0.364. The number of nitrogens with two attached hydrogens (primary N) is 1. The summed E-state index contributed by atoms with van der Waals surface area (Å²) in [5.41, 5.74) is 8.21. The number of hydrogen-bond acceptors (Lipinski definition) is 5. The van der Waals surface area contributed by atoms with Gasteiger partial charge in [0.2, 0.25) is 0 Å². The minimum Gasteiger partial charge on any atom is -0.466 e. The lowest BCUT2D eigenvalue weighted by Crippen LogP contribution is -2.30. The predicted octanol–water partition coefficient (Wildman–Crippen LogP) is 1.65. The van der Waals surface area contributed by atoms with Gasteiger partial charge in [-0.3, -0.25) is 0 Å². The van der Waals surface area contributed by atoms with Crippen LogP contribution in [0.1, 0.15) is 23.3 Å². The van der Waals surface area contributed by atoms with Gasteiger partial charge in [0, 0.05) is 17.8 Å². The van der Waals surface area contributed by atoms with Gasteiger partial charge in [-0.05, 0) is 19.1 Å². The number of hydrogen-bond donors (Lipinski definition) is 2. The van der Waals surface area contributed by atoms with Crippen molar-refractivity contribution in [2.24, 2.45) is 5.73 Å². The van der Waals surface area contributed by atoms with E-state index in [-0.39, 0.29) is 0 Å². The molecule has 2 atom stereocenters. The predicted molar refractivity (Wildman–Crippen MR) is 62.2 cm³/mol. The van der Waals surface area contributed by atoms with Gasteiger partial charge in [0.1, 0.15) is 17.6 Å². The number of rotatable bonds is 4. The minimum atomic E-state index is -0.739. The van der Waals surface area contributed by atoms with Crippen LogP contribution >= 0.6 is 11.3 Å². The van der Waals surface area contributed by atoms with Gasteiger partial charge >= 0.3 is 0 Å². The largest absolute Gasteiger partial charge is 0.466 e. The SMILES string of the molecule is Cc1ccc(CC(N)C(O)c2cscn2)o1. The minimum absolute atomic E-state index is 0.396. The zero-order chi connectivity index (χ0) is 11.5. The van der Waals surface area contributed by atoms with Crippen molar-refractivity contribution >= 4 is 11.3 Å². The second-order valence-electron chi connectivity index (χ2n) is 3.74. The lowest BCUT2D eigenvalue weighted by Gasteiger charge is -2.15. The van der Waals surface area contributed by atoms with Crippen LogP contribution < -0.4 is 5.73 Å². The molecule has 0 fully saturated rings. The second-order valence-corrected chi connectivity index (χ2v) is 4.46. The van der Waals surface area contributed by atoms with E-state index in [1.54, 1.807) is 10.9 Å². The van der Waals surface area contributed by atoms with Crippen molar-refractivity contribution in [3.63, 3.8) is 0 Å². The lowest BCUT2D eigenvalue weighted by atomic mass is 10.1. The van der Waals surface area contributed by atoms with Crippen LogP contribution in [0.4, 0.5) is 0 Å². The van der Waals surface area contributed by atoms with Crippen molar-refractivity contribution < 1.29 is 9.52 Å². The van der Waals surface area contributed by atoms with Crippen LogP contribution in [0.5, 0.6) is 0 Å². The van der Waals surface area contributed by atoms with Crippen molar-refractivity contribution in [2.75, 3.05) is 0 Å². The number of aromatic nitrogens is 1. The van der Waals surface area contributed by atoms with Crippen LogP contribution in [0.25, 0.3) is 0 Å². The average molecular weight is 238 g/mol. The van der Waals surface area contributed by atoms with Crippen LogP contribution in [0.15, 0.2) is 27.4 Å². The second kappa shape index (κ2) is 4.78. The third-order valence-corrected chi connectivity index (χ3v) is 3.00. The highest BCUT2D eigenvalue weighted by molar-refractivity contribution is 7.07. The van der Waals surface area contributed by atoms with Crippen LogP contribution in [0, 0.1) is 6.92 Å². The van der Waals surface area contributed by atoms with E-state index in [1.165, 1.54) is 11.3 Å². The van der Waals surface area contributed by atoms with E-state index < -0.39 is 12.1 Å². The third-order valence-electron chi connectivity index (χ3n) is 2.39. The molecule has 5 heteroatoms.